The molecule has 2 N–H and O–H groups in total. The maximum Gasteiger partial charge on any atom is 0.191 e. The third kappa shape index (κ3) is 5.19. The molecule has 1 heterocycles. The van der Waals surface area contributed by atoms with E-state index in [2.05, 4.69) is 45.6 Å². The van der Waals surface area contributed by atoms with Crippen molar-refractivity contribution < 1.29 is 4.74 Å². The summed E-state index contributed by atoms with van der Waals surface area (Å²) in [7, 11) is 3.63. The first-order chi connectivity index (χ1) is 13.7. The van der Waals surface area contributed by atoms with E-state index in [1.807, 2.05) is 13.1 Å². The van der Waals surface area contributed by atoms with E-state index in [-0.39, 0.29) is 5.41 Å². The first-order valence-electron chi connectivity index (χ1n) is 11.0. The van der Waals surface area contributed by atoms with E-state index in [1.165, 1.54) is 70.1 Å². The Morgan fingerprint density at radius 1 is 1.25 bits per heavy atom. The number of methoxy groups -OCH3 is 1. The normalized spacial score (nSPS) is 20.9. The van der Waals surface area contributed by atoms with Crippen LogP contribution in [0.4, 0.5) is 0 Å². The molecule has 1 aromatic rings. The molecule has 1 aliphatic carbocycles. The smallest absolute Gasteiger partial charge is 0.191 e. The van der Waals surface area contributed by atoms with E-state index in [9.17, 15) is 0 Å². The van der Waals surface area contributed by atoms with Gasteiger partial charge in [0.05, 0.1) is 7.11 Å². The minimum absolute atomic E-state index is 0.177. The molecule has 2 aliphatic rings. The van der Waals surface area contributed by atoms with E-state index in [1.54, 1.807) is 7.11 Å². The number of likely N-dealkylation sites (tertiary alicyclic amines) is 1. The molecule has 28 heavy (non-hydrogen) atoms. The van der Waals surface area contributed by atoms with Crippen molar-refractivity contribution >= 4 is 5.96 Å². The maximum atomic E-state index is 5.47. The minimum Gasteiger partial charge on any atom is -0.497 e. The summed E-state index contributed by atoms with van der Waals surface area (Å²) in [6.45, 7) is 6.79. The van der Waals surface area contributed by atoms with Crippen molar-refractivity contribution in [3.05, 3.63) is 29.8 Å². The largest absolute Gasteiger partial charge is 0.497 e. The zero-order chi connectivity index (χ0) is 19.8. The van der Waals surface area contributed by atoms with Gasteiger partial charge < -0.3 is 20.3 Å². The summed E-state index contributed by atoms with van der Waals surface area (Å²) < 4.78 is 5.47. The number of guanidine groups is 1. The van der Waals surface area contributed by atoms with E-state index in [0.29, 0.717) is 6.04 Å². The second-order valence-corrected chi connectivity index (χ2v) is 8.41. The van der Waals surface area contributed by atoms with Gasteiger partial charge in [-0.15, -0.1) is 0 Å². The number of aliphatic imine (C=N–C) groups is 1. The van der Waals surface area contributed by atoms with E-state index in [4.69, 9.17) is 4.74 Å². The summed E-state index contributed by atoms with van der Waals surface area (Å²) in [5.41, 5.74) is 1.57. The Morgan fingerprint density at radius 3 is 2.64 bits per heavy atom. The molecule has 0 aromatic heterocycles. The van der Waals surface area contributed by atoms with Crippen molar-refractivity contribution in [1.29, 1.82) is 0 Å². The fraction of sp³-hybridized carbons (Fsp3) is 0.696. The highest BCUT2D eigenvalue weighted by Gasteiger charge is 2.36. The summed E-state index contributed by atoms with van der Waals surface area (Å²) >= 11 is 0. The Kier molecular flexibility index (Phi) is 7.60. The summed E-state index contributed by atoms with van der Waals surface area (Å²) in [5, 5.41) is 7.33. The van der Waals surface area contributed by atoms with E-state index in [0.717, 1.165) is 18.3 Å². The first-order valence-corrected chi connectivity index (χ1v) is 11.0. The topological polar surface area (TPSA) is 48.9 Å². The van der Waals surface area contributed by atoms with Crippen LogP contribution in [0.5, 0.6) is 5.75 Å². The van der Waals surface area contributed by atoms with Gasteiger partial charge in [0.1, 0.15) is 5.75 Å². The molecule has 0 amide bonds. The number of hydrogen-bond acceptors (Lipinski definition) is 3. The number of nitrogens with zero attached hydrogens (tertiary/aromatic N) is 2. The van der Waals surface area contributed by atoms with Crippen LogP contribution >= 0.6 is 0 Å². The summed E-state index contributed by atoms with van der Waals surface area (Å²) in [5.74, 6) is 1.90. The predicted molar refractivity (Wildman–Crippen MR) is 117 cm³/mol. The number of ether oxygens (including phenoxy) is 1. The molecule has 5 nitrogen and oxygen atoms in total. The fourth-order valence-electron chi connectivity index (χ4n) is 4.83. The second-order valence-electron chi connectivity index (χ2n) is 8.41. The molecule has 1 saturated heterocycles. The Balaban J connectivity index is 1.58. The van der Waals surface area contributed by atoms with Gasteiger partial charge in [-0.3, -0.25) is 4.99 Å². The third-order valence-electron chi connectivity index (χ3n) is 6.53. The van der Waals surface area contributed by atoms with Crippen LogP contribution in [0.25, 0.3) is 0 Å². The molecule has 1 saturated carbocycles. The highest BCUT2D eigenvalue weighted by molar-refractivity contribution is 5.80. The molecule has 0 bridgehead atoms. The molecule has 2 fully saturated rings. The highest BCUT2D eigenvalue weighted by atomic mass is 16.5. The lowest BCUT2D eigenvalue weighted by Crippen LogP contribution is -2.51. The summed E-state index contributed by atoms with van der Waals surface area (Å²) in [6.07, 6.45) is 8.66. The van der Waals surface area contributed by atoms with Crippen molar-refractivity contribution in [2.24, 2.45) is 4.99 Å². The molecule has 0 atom stereocenters. The Bertz CT molecular complexity index is 631. The van der Waals surface area contributed by atoms with Gasteiger partial charge in [-0.1, -0.05) is 31.9 Å². The lowest BCUT2D eigenvalue weighted by molar-refractivity contribution is 0.206. The van der Waals surface area contributed by atoms with Gasteiger partial charge in [-0.2, -0.15) is 0 Å². The Morgan fingerprint density at radius 2 is 2.00 bits per heavy atom. The number of hydrogen-bond donors (Lipinski definition) is 2. The van der Waals surface area contributed by atoms with Crippen molar-refractivity contribution in [3.8, 4) is 5.75 Å². The monoisotopic (exact) mass is 386 g/mol. The zero-order valence-corrected chi connectivity index (χ0v) is 18.0. The van der Waals surface area contributed by atoms with Crippen LogP contribution in [0.15, 0.2) is 29.3 Å². The number of benzene rings is 1. The molecule has 5 heteroatoms. The molecular formula is C23H38N4O. The SMILES string of the molecule is CCCN1CCC(NC(=NC)NCC2(c3cccc(OC)c3)CCCC2)CC1. The van der Waals surface area contributed by atoms with Crippen LogP contribution in [-0.2, 0) is 5.41 Å². The average molecular weight is 387 g/mol. The number of piperidine rings is 1. The van der Waals surface area contributed by atoms with Gasteiger partial charge in [0.2, 0.25) is 0 Å². The molecule has 0 radical (unpaired) electrons. The number of nitrogens with one attached hydrogen (secondary N) is 2. The second kappa shape index (κ2) is 10.1. The molecule has 0 unspecified atom stereocenters. The molecule has 1 aliphatic heterocycles. The molecular weight excluding hydrogens is 348 g/mol. The average Bonchev–Trinajstić information content (AvgIpc) is 3.23. The lowest BCUT2D eigenvalue weighted by atomic mass is 9.78. The van der Waals surface area contributed by atoms with E-state index < -0.39 is 0 Å². The fourth-order valence-corrected chi connectivity index (χ4v) is 4.83. The highest BCUT2D eigenvalue weighted by Crippen LogP contribution is 2.41. The van der Waals surface area contributed by atoms with Gasteiger partial charge in [0.15, 0.2) is 5.96 Å². The standard InChI is InChI=1S/C23H38N4O/c1-4-14-27-15-10-20(11-16-27)26-22(24-2)25-18-23(12-5-6-13-23)19-8-7-9-21(17-19)28-3/h7-9,17,20H,4-6,10-16,18H2,1-3H3,(H2,24,25,26). The minimum atomic E-state index is 0.177. The van der Waals surface area contributed by atoms with Crippen molar-refractivity contribution in [1.82, 2.24) is 15.5 Å². The Hall–Kier alpha value is -1.75. The van der Waals surface area contributed by atoms with Crippen LogP contribution in [0, 0.1) is 0 Å². The van der Waals surface area contributed by atoms with Crippen molar-refractivity contribution in [2.45, 2.75) is 63.3 Å². The lowest BCUT2D eigenvalue weighted by Gasteiger charge is -2.34. The molecule has 1 aromatic carbocycles. The van der Waals surface area contributed by atoms with E-state index >= 15 is 0 Å². The van der Waals surface area contributed by atoms with Gasteiger partial charge in [-0.25, -0.2) is 0 Å². The van der Waals surface area contributed by atoms with Crippen LogP contribution < -0.4 is 15.4 Å². The predicted octanol–water partition coefficient (Wildman–Crippen LogP) is 3.55. The van der Waals surface area contributed by atoms with Gasteiger partial charge in [-0.05, 0) is 56.3 Å². The summed E-state index contributed by atoms with van der Waals surface area (Å²) in [4.78, 5) is 7.09. The summed E-state index contributed by atoms with van der Waals surface area (Å²) in [6, 6.07) is 9.15. The van der Waals surface area contributed by atoms with Crippen molar-refractivity contribution in [2.75, 3.05) is 40.3 Å². The quantitative estimate of drug-likeness (QED) is 0.556. The third-order valence-corrected chi connectivity index (χ3v) is 6.53. The molecule has 0 spiro atoms. The zero-order valence-electron chi connectivity index (χ0n) is 18.0. The molecule has 156 valence electrons. The van der Waals surface area contributed by atoms with Crippen LogP contribution in [0.1, 0.15) is 57.4 Å². The van der Waals surface area contributed by atoms with Crippen LogP contribution in [0.3, 0.4) is 0 Å². The maximum absolute atomic E-state index is 5.47. The number of rotatable bonds is 7. The molecule has 3 rings (SSSR count). The Labute approximate surface area is 170 Å². The van der Waals surface area contributed by atoms with Crippen molar-refractivity contribution in [3.63, 3.8) is 0 Å². The first kappa shape index (κ1) is 21.0. The van der Waals surface area contributed by atoms with Crippen LogP contribution in [-0.4, -0.2) is 57.2 Å². The van der Waals surface area contributed by atoms with Crippen LogP contribution in [0.2, 0.25) is 0 Å². The van der Waals surface area contributed by atoms with Gasteiger partial charge in [0, 0.05) is 38.1 Å². The van der Waals surface area contributed by atoms with Gasteiger partial charge in [0.25, 0.3) is 0 Å². The van der Waals surface area contributed by atoms with Gasteiger partial charge >= 0.3 is 0 Å².